The van der Waals surface area contributed by atoms with Crippen LogP contribution < -0.4 is 0 Å². The molecule has 0 aromatic rings. The number of methoxy groups -OCH3 is 1. The van der Waals surface area contributed by atoms with Crippen LogP contribution in [0.1, 0.15) is 58.3 Å². The van der Waals surface area contributed by atoms with Gasteiger partial charge in [-0.15, -0.1) is 0 Å². The van der Waals surface area contributed by atoms with E-state index in [1.54, 1.807) is 0 Å². The second-order valence-electron chi connectivity index (χ2n) is 4.91. The van der Waals surface area contributed by atoms with Crippen LogP contribution in [0.2, 0.25) is 0 Å². The third kappa shape index (κ3) is 5.55. The van der Waals surface area contributed by atoms with Gasteiger partial charge in [0.2, 0.25) is 0 Å². The lowest BCUT2D eigenvalue weighted by Gasteiger charge is -2.06. The fourth-order valence-electron chi connectivity index (χ4n) is 2.28. The standard InChI is InChI=1S/C15H22O5/c1-11(16)20-14-10-9-13(17)12(14)7-5-3-4-6-8-15(18)19-2/h3-10H2,1-2H3. The van der Waals surface area contributed by atoms with Gasteiger partial charge in [-0.3, -0.25) is 14.4 Å². The van der Waals surface area contributed by atoms with Crippen LogP contribution in [0.25, 0.3) is 0 Å². The molecule has 0 bridgehead atoms. The molecule has 0 saturated heterocycles. The molecule has 1 aliphatic rings. The molecule has 20 heavy (non-hydrogen) atoms. The Labute approximate surface area is 119 Å². The van der Waals surface area contributed by atoms with Crippen LogP contribution in [0.4, 0.5) is 0 Å². The highest BCUT2D eigenvalue weighted by molar-refractivity contribution is 5.98. The van der Waals surface area contributed by atoms with Gasteiger partial charge in [-0.05, 0) is 19.3 Å². The predicted octanol–water partition coefficient (Wildman–Crippen LogP) is 2.68. The zero-order chi connectivity index (χ0) is 15.0. The number of allylic oxidation sites excluding steroid dienone is 2. The molecule has 0 aliphatic heterocycles. The highest BCUT2D eigenvalue weighted by Crippen LogP contribution is 2.28. The molecule has 0 fully saturated rings. The van der Waals surface area contributed by atoms with E-state index < -0.39 is 0 Å². The summed E-state index contributed by atoms with van der Waals surface area (Å²) in [6.45, 7) is 1.35. The van der Waals surface area contributed by atoms with E-state index in [-0.39, 0.29) is 17.7 Å². The zero-order valence-corrected chi connectivity index (χ0v) is 12.2. The highest BCUT2D eigenvalue weighted by atomic mass is 16.5. The lowest BCUT2D eigenvalue weighted by atomic mass is 10.0. The smallest absolute Gasteiger partial charge is 0.307 e. The van der Waals surface area contributed by atoms with E-state index in [4.69, 9.17) is 4.74 Å². The normalized spacial score (nSPS) is 14.6. The molecule has 0 atom stereocenters. The molecular weight excluding hydrogens is 260 g/mol. The van der Waals surface area contributed by atoms with E-state index in [1.807, 2.05) is 0 Å². The third-order valence-corrected chi connectivity index (χ3v) is 3.30. The number of ketones is 1. The van der Waals surface area contributed by atoms with Crippen molar-refractivity contribution in [2.24, 2.45) is 0 Å². The van der Waals surface area contributed by atoms with E-state index in [1.165, 1.54) is 14.0 Å². The molecule has 0 heterocycles. The molecule has 0 aromatic heterocycles. The first-order chi connectivity index (χ1) is 9.54. The number of hydrogen-bond donors (Lipinski definition) is 0. The van der Waals surface area contributed by atoms with Crippen LogP contribution in [0, 0.1) is 0 Å². The van der Waals surface area contributed by atoms with Crippen molar-refractivity contribution in [1.29, 1.82) is 0 Å². The van der Waals surface area contributed by atoms with Crippen molar-refractivity contribution < 1.29 is 23.9 Å². The quantitative estimate of drug-likeness (QED) is 0.505. The van der Waals surface area contributed by atoms with Crippen LogP contribution in [0.3, 0.4) is 0 Å². The Morgan fingerprint density at radius 2 is 1.80 bits per heavy atom. The number of ether oxygens (including phenoxy) is 2. The Morgan fingerprint density at radius 1 is 1.10 bits per heavy atom. The second-order valence-corrected chi connectivity index (χ2v) is 4.91. The van der Waals surface area contributed by atoms with E-state index in [0.29, 0.717) is 37.0 Å². The Bertz CT molecular complexity index is 408. The van der Waals surface area contributed by atoms with Crippen molar-refractivity contribution in [1.82, 2.24) is 0 Å². The molecule has 0 amide bonds. The molecule has 0 N–H and O–H groups in total. The van der Waals surface area contributed by atoms with Gasteiger partial charge < -0.3 is 9.47 Å². The summed E-state index contributed by atoms with van der Waals surface area (Å²) in [5, 5.41) is 0. The summed E-state index contributed by atoms with van der Waals surface area (Å²) in [5.41, 5.74) is 0.674. The number of hydrogen-bond acceptors (Lipinski definition) is 5. The van der Waals surface area contributed by atoms with Crippen LogP contribution in [-0.2, 0) is 23.9 Å². The van der Waals surface area contributed by atoms with Crippen molar-refractivity contribution >= 4 is 17.7 Å². The van der Waals surface area contributed by atoms with Crippen LogP contribution >= 0.6 is 0 Å². The van der Waals surface area contributed by atoms with Crippen LogP contribution in [-0.4, -0.2) is 24.8 Å². The molecule has 112 valence electrons. The van der Waals surface area contributed by atoms with E-state index >= 15 is 0 Å². The fourth-order valence-corrected chi connectivity index (χ4v) is 2.28. The first kappa shape index (κ1) is 16.4. The minimum Gasteiger partial charge on any atom is -0.469 e. The van der Waals surface area contributed by atoms with Gasteiger partial charge in [-0.1, -0.05) is 12.8 Å². The Kier molecular flexibility index (Phi) is 6.98. The maximum absolute atomic E-state index is 11.7. The number of carbonyl (C=O) groups is 3. The van der Waals surface area contributed by atoms with Crippen molar-refractivity contribution in [3.8, 4) is 0 Å². The van der Waals surface area contributed by atoms with Gasteiger partial charge in [-0.2, -0.15) is 0 Å². The molecule has 0 saturated carbocycles. The predicted molar refractivity (Wildman–Crippen MR) is 72.8 cm³/mol. The molecule has 1 aliphatic carbocycles. The van der Waals surface area contributed by atoms with E-state index in [0.717, 1.165) is 25.7 Å². The number of unbranched alkanes of at least 4 members (excludes halogenated alkanes) is 3. The lowest BCUT2D eigenvalue weighted by Crippen LogP contribution is -2.02. The van der Waals surface area contributed by atoms with Gasteiger partial charge in [0.1, 0.15) is 5.76 Å². The van der Waals surface area contributed by atoms with Crippen LogP contribution in [0.5, 0.6) is 0 Å². The second kappa shape index (κ2) is 8.51. The lowest BCUT2D eigenvalue weighted by molar-refractivity contribution is -0.140. The van der Waals surface area contributed by atoms with Gasteiger partial charge in [0.25, 0.3) is 0 Å². The van der Waals surface area contributed by atoms with Gasteiger partial charge >= 0.3 is 11.9 Å². The maximum atomic E-state index is 11.7. The van der Waals surface area contributed by atoms with Crippen molar-refractivity contribution in [2.45, 2.75) is 58.3 Å². The summed E-state index contributed by atoms with van der Waals surface area (Å²) in [6.07, 6.45) is 5.62. The summed E-state index contributed by atoms with van der Waals surface area (Å²) >= 11 is 0. The molecule has 0 aromatic carbocycles. The highest BCUT2D eigenvalue weighted by Gasteiger charge is 2.24. The molecule has 0 spiro atoms. The summed E-state index contributed by atoms with van der Waals surface area (Å²) in [7, 11) is 1.39. The number of rotatable bonds is 8. The van der Waals surface area contributed by atoms with Gasteiger partial charge in [0.15, 0.2) is 5.78 Å². The average molecular weight is 282 g/mol. The summed E-state index contributed by atoms with van der Waals surface area (Å²) in [6, 6.07) is 0. The third-order valence-electron chi connectivity index (χ3n) is 3.30. The SMILES string of the molecule is COC(=O)CCCCCCC1=C(OC(C)=O)CCC1=O. The first-order valence-corrected chi connectivity index (χ1v) is 7.05. The number of carbonyl (C=O) groups excluding carboxylic acids is 3. The molecule has 0 unspecified atom stereocenters. The number of esters is 2. The molecular formula is C15H22O5. The van der Waals surface area contributed by atoms with Crippen LogP contribution in [0.15, 0.2) is 11.3 Å². The van der Waals surface area contributed by atoms with Crippen molar-refractivity contribution in [2.75, 3.05) is 7.11 Å². The Morgan fingerprint density at radius 3 is 2.45 bits per heavy atom. The van der Waals surface area contributed by atoms with Crippen molar-refractivity contribution in [3.05, 3.63) is 11.3 Å². The maximum Gasteiger partial charge on any atom is 0.307 e. The van der Waals surface area contributed by atoms with Crippen molar-refractivity contribution in [3.63, 3.8) is 0 Å². The van der Waals surface area contributed by atoms with Gasteiger partial charge in [-0.25, -0.2) is 0 Å². The summed E-state index contributed by atoms with van der Waals surface area (Å²) in [4.78, 5) is 33.6. The minimum atomic E-state index is -0.370. The molecule has 5 heteroatoms. The topological polar surface area (TPSA) is 69.7 Å². The summed E-state index contributed by atoms with van der Waals surface area (Å²) in [5.74, 6) is 0.0916. The monoisotopic (exact) mass is 282 g/mol. The fraction of sp³-hybridized carbons (Fsp3) is 0.667. The Balaban J connectivity index is 2.27. The van der Waals surface area contributed by atoms with Gasteiger partial charge in [0.05, 0.1) is 7.11 Å². The first-order valence-electron chi connectivity index (χ1n) is 7.05. The minimum absolute atomic E-state index is 0.0933. The molecule has 5 nitrogen and oxygen atoms in total. The Hall–Kier alpha value is -1.65. The van der Waals surface area contributed by atoms with E-state index in [2.05, 4.69) is 4.74 Å². The summed E-state index contributed by atoms with van der Waals surface area (Å²) < 4.78 is 9.64. The van der Waals surface area contributed by atoms with E-state index in [9.17, 15) is 14.4 Å². The zero-order valence-electron chi connectivity index (χ0n) is 12.2. The van der Waals surface area contributed by atoms with Gasteiger partial charge in [0, 0.05) is 31.8 Å². The largest absolute Gasteiger partial charge is 0.469 e. The molecule has 1 rings (SSSR count). The average Bonchev–Trinajstić information content (AvgIpc) is 2.74. The number of Topliss-reactive ketones (excluding diaryl/α,β-unsaturated/α-hetero) is 1. The molecule has 0 radical (unpaired) electrons.